The Morgan fingerprint density at radius 2 is 2.06 bits per heavy atom. The van der Waals surface area contributed by atoms with Crippen LogP contribution in [0.15, 0.2) is 12.3 Å². The van der Waals surface area contributed by atoms with Gasteiger partial charge in [-0.15, -0.1) is 0 Å². The third-order valence-corrected chi connectivity index (χ3v) is 2.19. The minimum atomic E-state index is -1.01. The van der Waals surface area contributed by atoms with E-state index in [2.05, 4.69) is 5.32 Å². The van der Waals surface area contributed by atoms with E-state index in [4.69, 9.17) is 9.84 Å². The van der Waals surface area contributed by atoms with E-state index >= 15 is 0 Å². The van der Waals surface area contributed by atoms with Gasteiger partial charge < -0.3 is 20.1 Å². The summed E-state index contributed by atoms with van der Waals surface area (Å²) in [4.78, 5) is 23.5. The number of carbonyl (C=O) groups is 2. The van der Waals surface area contributed by atoms with Crippen LogP contribution in [0.4, 0.5) is 0 Å². The first-order chi connectivity index (χ1) is 7.70. The van der Waals surface area contributed by atoms with Gasteiger partial charge in [0.05, 0.1) is 13.2 Å². The van der Waals surface area contributed by atoms with E-state index in [0.717, 1.165) is 6.08 Å². The molecule has 0 radical (unpaired) electrons. The maximum Gasteiger partial charge on any atom is 0.329 e. The van der Waals surface area contributed by atoms with Gasteiger partial charge in [-0.1, -0.05) is 0 Å². The molecule has 16 heavy (non-hydrogen) atoms. The molecule has 1 amide bonds. The number of amides is 1. The lowest BCUT2D eigenvalue weighted by molar-refractivity contribution is -0.135. The number of carbonyl (C=O) groups excluding carboxylic acids is 1. The van der Waals surface area contributed by atoms with Crippen molar-refractivity contribution in [3.63, 3.8) is 0 Å². The maximum atomic E-state index is 11.6. The third-order valence-electron chi connectivity index (χ3n) is 2.19. The predicted octanol–water partition coefficient (Wildman–Crippen LogP) is -0.577. The lowest BCUT2D eigenvalue weighted by atomic mass is 10.3. The van der Waals surface area contributed by atoms with Crippen molar-refractivity contribution in [2.75, 3.05) is 32.8 Å². The van der Waals surface area contributed by atoms with Crippen LogP contribution in [0.1, 0.15) is 6.42 Å². The Kier molecular flexibility index (Phi) is 5.35. The van der Waals surface area contributed by atoms with Gasteiger partial charge in [-0.3, -0.25) is 4.79 Å². The maximum absolute atomic E-state index is 11.6. The van der Waals surface area contributed by atoms with Crippen molar-refractivity contribution in [2.45, 2.75) is 6.42 Å². The Morgan fingerprint density at radius 1 is 1.38 bits per heavy atom. The molecule has 0 atom stereocenters. The minimum absolute atomic E-state index is 0.0690. The molecular formula is C10H16N2O4. The van der Waals surface area contributed by atoms with E-state index in [9.17, 15) is 9.59 Å². The lowest BCUT2D eigenvalue weighted by Crippen LogP contribution is -2.41. The van der Waals surface area contributed by atoms with Crippen molar-refractivity contribution < 1.29 is 19.4 Å². The van der Waals surface area contributed by atoms with E-state index in [-0.39, 0.29) is 5.91 Å². The molecule has 1 heterocycles. The van der Waals surface area contributed by atoms with Gasteiger partial charge in [0.1, 0.15) is 0 Å². The molecule has 0 bridgehead atoms. The molecule has 0 spiro atoms. The Labute approximate surface area is 93.9 Å². The highest BCUT2D eigenvalue weighted by Gasteiger charge is 2.15. The summed E-state index contributed by atoms with van der Waals surface area (Å²) < 4.78 is 5.13. The van der Waals surface area contributed by atoms with E-state index in [1.54, 1.807) is 4.90 Å². The van der Waals surface area contributed by atoms with E-state index in [1.807, 2.05) is 0 Å². The molecule has 2 N–H and O–H groups in total. The van der Waals surface area contributed by atoms with Crippen molar-refractivity contribution in [3.8, 4) is 0 Å². The monoisotopic (exact) mass is 228 g/mol. The topological polar surface area (TPSA) is 78.9 Å². The van der Waals surface area contributed by atoms with Gasteiger partial charge in [-0.25, -0.2) is 4.79 Å². The van der Waals surface area contributed by atoms with Gasteiger partial charge in [0, 0.05) is 38.3 Å². The first kappa shape index (κ1) is 12.5. The number of carboxylic acid groups (broad SMARTS) is 1. The van der Waals surface area contributed by atoms with Gasteiger partial charge in [0.25, 0.3) is 0 Å². The van der Waals surface area contributed by atoms with Crippen molar-refractivity contribution in [3.05, 3.63) is 12.3 Å². The Bertz CT molecular complexity index is 272. The Morgan fingerprint density at radius 3 is 2.69 bits per heavy atom. The molecule has 0 aromatic rings. The standard InChI is InChI=1S/C10H16N2O4/c13-9(12-5-7-16-8-6-12)1-3-11-4-2-10(14)15/h2,4,11H,1,3,5-8H2,(H,14,15)/b4-2+. The fourth-order valence-corrected chi connectivity index (χ4v) is 1.36. The summed E-state index contributed by atoms with van der Waals surface area (Å²) in [6.07, 6.45) is 2.69. The second-order valence-electron chi connectivity index (χ2n) is 3.37. The van der Waals surface area contributed by atoms with Crippen molar-refractivity contribution >= 4 is 11.9 Å². The van der Waals surface area contributed by atoms with Gasteiger partial charge in [-0.05, 0) is 0 Å². The normalized spacial score (nSPS) is 16.4. The molecule has 0 aromatic heterocycles. The van der Waals surface area contributed by atoms with Crippen molar-refractivity contribution in [2.24, 2.45) is 0 Å². The van der Waals surface area contributed by atoms with Gasteiger partial charge in [0.2, 0.25) is 5.91 Å². The highest BCUT2D eigenvalue weighted by Crippen LogP contribution is 1.99. The van der Waals surface area contributed by atoms with Crippen LogP contribution in [0.25, 0.3) is 0 Å². The average molecular weight is 228 g/mol. The third kappa shape index (κ3) is 4.79. The zero-order chi connectivity index (χ0) is 11.8. The Hall–Kier alpha value is -1.56. The number of hydrogen-bond acceptors (Lipinski definition) is 4. The molecule has 1 fully saturated rings. The second kappa shape index (κ2) is 6.84. The summed E-state index contributed by atoms with van der Waals surface area (Å²) in [7, 11) is 0. The predicted molar refractivity (Wildman–Crippen MR) is 56.8 cm³/mol. The number of rotatable bonds is 5. The lowest BCUT2D eigenvalue weighted by Gasteiger charge is -2.26. The first-order valence-corrected chi connectivity index (χ1v) is 5.18. The van der Waals surface area contributed by atoms with E-state index in [0.29, 0.717) is 39.3 Å². The molecule has 0 unspecified atom stereocenters. The number of nitrogens with zero attached hydrogens (tertiary/aromatic N) is 1. The molecular weight excluding hydrogens is 212 g/mol. The second-order valence-corrected chi connectivity index (χ2v) is 3.37. The van der Waals surface area contributed by atoms with Crippen molar-refractivity contribution in [1.82, 2.24) is 10.2 Å². The number of hydrogen-bond donors (Lipinski definition) is 2. The summed E-state index contributed by atoms with van der Waals surface area (Å²) in [5.74, 6) is -0.938. The fourth-order valence-electron chi connectivity index (χ4n) is 1.36. The van der Waals surface area contributed by atoms with E-state index < -0.39 is 5.97 Å². The van der Waals surface area contributed by atoms with Crippen LogP contribution in [-0.2, 0) is 14.3 Å². The molecule has 0 aromatic carbocycles. The number of carboxylic acids is 1. The van der Waals surface area contributed by atoms with Crippen LogP contribution in [0.3, 0.4) is 0 Å². The van der Waals surface area contributed by atoms with Crippen LogP contribution in [0, 0.1) is 0 Å². The average Bonchev–Trinajstić information content (AvgIpc) is 2.29. The van der Waals surface area contributed by atoms with Crippen LogP contribution in [0.5, 0.6) is 0 Å². The molecule has 1 aliphatic heterocycles. The molecule has 90 valence electrons. The zero-order valence-corrected chi connectivity index (χ0v) is 9.02. The molecule has 1 aliphatic rings. The summed E-state index contributed by atoms with van der Waals surface area (Å²) in [5.41, 5.74) is 0. The summed E-state index contributed by atoms with van der Waals surface area (Å²) in [5, 5.41) is 11.1. The minimum Gasteiger partial charge on any atom is -0.478 e. The number of ether oxygens (including phenoxy) is 1. The van der Waals surface area contributed by atoms with Crippen LogP contribution >= 0.6 is 0 Å². The van der Waals surface area contributed by atoms with Crippen molar-refractivity contribution in [1.29, 1.82) is 0 Å². The molecule has 0 aliphatic carbocycles. The largest absolute Gasteiger partial charge is 0.478 e. The van der Waals surface area contributed by atoms with Gasteiger partial charge >= 0.3 is 5.97 Å². The molecule has 6 heteroatoms. The molecule has 6 nitrogen and oxygen atoms in total. The Balaban J connectivity index is 2.12. The van der Waals surface area contributed by atoms with E-state index in [1.165, 1.54) is 6.20 Å². The summed E-state index contributed by atoms with van der Waals surface area (Å²) in [6.45, 7) is 2.92. The number of morpholine rings is 1. The highest BCUT2D eigenvalue weighted by molar-refractivity contribution is 5.79. The quantitative estimate of drug-likeness (QED) is 0.486. The number of nitrogens with one attached hydrogen (secondary N) is 1. The SMILES string of the molecule is O=C(O)/C=C/NCCC(=O)N1CCOCC1. The smallest absolute Gasteiger partial charge is 0.329 e. The molecule has 1 rings (SSSR count). The number of aliphatic carboxylic acids is 1. The zero-order valence-electron chi connectivity index (χ0n) is 9.02. The molecule has 0 saturated carbocycles. The fraction of sp³-hybridized carbons (Fsp3) is 0.600. The van der Waals surface area contributed by atoms with Gasteiger partial charge in [-0.2, -0.15) is 0 Å². The summed E-state index contributed by atoms with van der Waals surface area (Å²) >= 11 is 0. The summed E-state index contributed by atoms with van der Waals surface area (Å²) in [6, 6.07) is 0. The van der Waals surface area contributed by atoms with Crippen LogP contribution in [-0.4, -0.2) is 54.7 Å². The van der Waals surface area contributed by atoms with Crippen LogP contribution in [0.2, 0.25) is 0 Å². The molecule has 1 saturated heterocycles. The first-order valence-electron chi connectivity index (χ1n) is 5.18. The van der Waals surface area contributed by atoms with Crippen LogP contribution < -0.4 is 5.32 Å². The highest BCUT2D eigenvalue weighted by atomic mass is 16.5. The van der Waals surface area contributed by atoms with Gasteiger partial charge in [0.15, 0.2) is 0 Å².